The molecule has 3 aromatic carbocycles. The van der Waals surface area contributed by atoms with E-state index in [0.717, 1.165) is 46.9 Å². The van der Waals surface area contributed by atoms with Gasteiger partial charge in [0.25, 0.3) is 11.7 Å². The number of aliphatic hydroxyl groups excluding tert-OH is 1. The topological polar surface area (TPSA) is 70.1 Å². The molecule has 1 unspecified atom stereocenters. The van der Waals surface area contributed by atoms with E-state index < -0.39 is 29.4 Å². The van der Waals surface area contributed by atoms with E-state index in [9.17, 15) is 23.5 Å². The minimum absolute atomic E-state index is 0.00979. The standard InChI is InChI=1S/C28H24F2N2O4/c1-31(2)19-8-5-16(6-9-19)25-24(26(33)18-7-12-23-17(14-18)4-3-13-36-23)27(34)28(35)32(25)20-10-11-21(29)22(30)15-20/h5-12,14-15,25,33H,3-4,13H2,1-2H3/b26-24-. The molecule has 1 N–H and O–H groups in total. The van der Waals surface area contributed by atoms with Gasteiger partial charge in [0, 0.05) is 37.1 Å². The number of aliphatic hydroxyl groups is 1. The Morgan fingerprint density at radius 3 is 2.44 bits per heavy atom. The van der Waals surface area contributed by atoms with E-state index in [1.165, 1.54) is 6.07 Å². The summed E-state index contributed by atoms with van der Waals surface area (Å²) in [6.45, 7) is 0.612. The van der Waals surface area contributed by atoms with Crippen molar-refractivity contribution in [1.82, 2.24) is 0 Å². The van der Waals surface area contributed by atoms with Crippen molar-refractivity contribution < 1.29 is 28.2 Å². The SMILES string of the molecule is CN(C)c1ccc(C2/C(=C(/O)c3ccc4c(c3)CCCO4)C(=O)C(=O)N2c2ccc(F)c(F)c2)cc1. The van der Waals surface area contributed by atoms with E-state index in [0.29, 0.717) is 17.7 Å². The molecule has 6 nitrogen and oxygen atoms in total. The van der Waals surface area contributed by atoms with Gasteiger partial charge in [0.05, 0.1) is 18.2 Å². The second-order valence-corrected chi connectivity index (χ2v) is 9.03. The molecule has 3 aromatic rings. The van der Waals surface area contributed by atoms with Crippen LogP contribution in [0, 0.1) is 11.6 Å². The fourth-order valence-corrected chi connectivity index (χ4v) is 4.67. The van der Waals surface area contributed by atoms with Gasteiger partial charge >= 0.3 is 0 Å². The highest BCUT2D eigenvalue weighted by molar-refractivity contribution is 6.51. The van der Waals surface area contributed by atoms with Crippen molar-refractivity contribution in [2.45, 2.75) is 18.9 Å². The monoisotopic (exact) mass is 490 g/mol. The molecule has 5 rings (SSSR count). The summed E-state index contributed by atoms with van der Waals surface area (Å²) in [5.41, 5.74) is 2.57. The van der Waals surface area contributed by atoms with Gasteiger partial charge in [-0.25, -0.2) is 8.78 Å². The molecule has 1 fully saturated rings. The molecule has 0 radical (unpaired) electrons. The van der Waals surface area contributed by atoms with Crippen LogP contribution in [-0.2, 0) is 16.0 Å². The number of ether oxygens (including phenoxy) is 1. The number of nitrogens with zero attached hydrogens (tertiary/aromatic N) is 2. The predicted molar refractivity (Wildman–Crippen MR) is 132 cm³/mol. The molecule has 0 aromatic heterocycles. The number of carbonyl (C=O) groups is 2. The first kappa shape index (κ1) is 23.5. The summed E-state index contributed by atoms with van der Waals surface area (Å²) in [6.07, 6.45) is 1.59. The predicted octanol–water partition coefficient (Wildman–Crippen LogP) is 4.98. The summed E-state index contributed by atoms with van der Waals surface area (Å²) in [7, 11) is 3.75. The molecule has 0 spiro atoms. The Hall–Kier alpha value is -4.20. The molecule has 0 aliphatic carbocycles. The summed E-state index contributed by atoms with van der Waals surface area (Å²) in [6, 6.07) is 14.2. The summed E-state index contributed by atoms with van der Waals surface area (Å²) >= 11 is 0. The number of fused-ring (bicyclic) bond motifs is 1. The maximum Gasteiger partial charge on any atom is 0.300 e. The van der Waals surface area contributed by atoms with Crippen LogP contribution in [0.2, 0.25) is 0 Å². The molecule has 1 amide bonds. The van der Waals surface area contributed by atoms with Crippen LogP contribution in [0.1, 0.15) is 29.2 Å². The van der Waals surface area contributed by atoms with Gasteiger partial charge < -0.3 is 14.7 Å². The minimum atomic E-state index is -1.15. The number of carbonyl (C=O) groups excluding carboxylic acids is 2. The first-order valence-electron chi connectivity index (χ1n) is 11.6. The van der Waals surface area contributed by atoms with E-state index in [4.69, 9.17) is 4.74 Å². The second-order valence-electron chi connectivity index (χ2n) is 9.03. The largest absolute Gasteiger partial charge is 0.507 e. The van der Waals surface area contributed by atoms with Crippen LogP contribution in [0.4, 0.5) is 20.2 Å². The van der Waals surface area contributed by atoms with Crippen LogP contribution in [-0.4, -0.2) is 37.5 Å². The van der Waals surface area contributed by atoms with E-state index in [2.05, 4.69) is 0 Å². The number of ketones is 1. The Morgan fingerprint density at radius 1 is 1.00 bits per heavy atom. The van der Waals surface area contributed by atoms with Crippen molar-refractivity contribution >= 4 is 28.8 Å². The van der Waals surface area contributed by atoms with Crippen molar-refractivity contribution in [3.63, 3.8) is 0 Å². The summed E-state index contributed by atoms with van der Waals surface area (Å²) in [5, 5.41) is 11.3. The van der Waals surface area contributed by atoms with Crippen LogP contribution in [0.25, 0.3) is 5.76 Å². The van der Waals surface area contributed by atoms with Gasteiger partial charge in [0.1, 0.15) is 11.5 Å². The van der Waals surface area contributed by atoms with Gasteiger partial charge in [-0.05, 0) is 66.4 Å². The number of rotatable bonds is 4. The molecule has 0 bridgehead atoms. The van der Waals surface area contributed by atoms with Crippen molar-refractivity contribution in [2.24, 2.45) is 0 Å². The number of hydrogen-bond donors (Lipinski definition) is 1. The third-order valence-corrected chi connectivity index (χ3v) is 6.53. The van der Waals surface area contributed by atoms with Crippen LogP contribution in [0.5, 0.6) is 5.75 Å². The third-order valence-electron chi connectivity index (χ3n) is 6.53. The average molecular weight is 491 g/mol. The first-order valence-corrected chi connectivity index (χ1v) is 11.6. The van der Waals surface area contributed by atoms with Crippen LogP contribution >= 0.6 is 0 Å². The van der Waals surface area contributed by atoms with Crippen molar-refractivity contribution in [3.05, 3.63) is 94.6 Å². The van der Waals surface area contributed by atoms with Crippen LogP contribution in [0.15, 0.2) is 66.2 Å². The zero-order chi connectivity index (χ0) is 25.6. The zero-order valence-electron chi connectivity index (χ0n) is 19.8. The summed E-state index contributed by atoms with van der Waals surface area (Å²) < 4.78 is 33.4. The highest BCUT2D eigenvalue weighted by Gasteiger charge is 2.47. The van der Waals surface area contributed by atoms with E-state index in [1.54, 1.807) is 30.3 Å². The molecule has 8 heteroatoms. The Labute approximate surface area is 207 Å². The zero-order valence-corrected chi connectivity index (χ0v) is 19.8. The molecule has 36 heavy (non-hydrogen) atoms. The van der Waals surface area contributed by atoms with Gasteiger partial charge in [0.15, 0.2) is 11.6 Å². The first-order chi connectivity index (χ1) is 17.3. The van der Waals surface area contributed by atoms with E-state index in [1.807, 2.05) is 31.1 Å². The van der Waals surface area contributed by atoms with Crippen LogP contribution in [0.3, 0.4) is 0 Å². The second kappa shape index (κ2) is 9.11. The van der Waals surface area contributed by atoms with Crippen molar-refractivity contribution in [3.8, 4) is 5.75 Å². The lowest BCUT2D eigenvalue weighted by Crippen LogP contribution is -2.29. The highest BCUT2D eigenvalue weighted by Crippen LogP contribution is 2.43. The lowest BCUT2D eigenvalue weighted by Gasteiger charge is -2.26. The summed E-state index contributed by atoms with van der Waals surface area (Å²) in [5.74, 6) is -3.69. The molecule has 2 heterocycles. The van der Waals surface area contributed by atoms with Gasteiger partial charge in [0.2, 0.25) is 0 Å². The lowest BCUT2D eigenvalue weighted by molar-refractivity contribution is -0.132. The smallest absolute Gasteiger partial charge is 0.300 e. The average Bonchev–Trinajstić information content (AvgIpc) is 3.15. The van der Waals surface area contributed by atoms with Crippen molar-refractivity contribution in [2.75, 3.05) is 30.5 Å². The molecule has 0 saturated carbocycles. The number of benzene rings is 3. The van der Waals surface area contributed by atoms with Crippen LogP contribution < -0.4 is 14.5 Å². The Bertz CT molecular complexity index is 1400. The van der Waals surface area contributed by atoms with E-state index in [-0.39, 0.29) is 17.0 Å². The number of amides is 1. The molecule has 2 aliphatic heterocycles. The number of aryl methyl sites for hydroxylation is 1. The Morgan fingerprint density at radius 2 is 1.75 bits per heavy atom. The number of anilines is 2. The third kappa shape index (κ3) is 3.98. The van der Waals surface area contributed by atoms with Gasteiger partial charge in [-0.1, -0.05) is 12.1 Å². The molecule has 184 valence electrons. The lowest BCUT2D eigenvalue weighted by atomic mass is 9.93. The van der Waals surface area contributed by atoms with Gasteiger partial charge in [-0.2, -0.15) is 0 Å². The minimum Gasteiger partial charge on any atom is -0.507 e. The molecular weight excluding hydrogens is 466 g/mol. The number of halogens is 2. The van der Waals surface area contributed by atoms with Crippen molar-refractivity contribution in [1.29, 1.82) is 0 Å². The quantitative estimate of drug-likeness (QED) is 0.317. The molecule has 1 saturated heterocycles. The maximum absolute atomic E-state index is 14.1. The number of Topliss-reactive ketones (excluding diaryl/α,β-unsaturated/α-hetero) is 1. The van der Waals surface area contributed by atoms with Gasteiger partial charge in [-0.3, -0.25) is 14.5 Å². The maximum atomic E-state index is 14.1. The van der Waals surface area contributed by atoms with Gasteiger partial charge in [-0.15, -0.1) is 0 Å². The van der Waals surface area contributed by atoms with E-state index >= 15 is 0 Å². The fourth-order valence-electron chi connectivity index (χ4n) is 4.67. The molecular formula is C28H24F2N2O4. The highest BCUT2D eigenvalue weighted by atomic mass is 19.2. The number of hydrogen-bond acceptors (Lipinski definition) is 5. The fraction of sp³-hybridized carbons (Fsp3) is 0.214. The normalized spacial score (nSPS) is 18.7. The molecule has 2 aliphatic rings. The Kier molecular flexibility index (Phi) is 5.96. The summed E-state index contributed by atoms with van der Waals surface area (Å²) in [4.78, 5) is 29.5. The molecule has 1 atom stereocenters. The Balaban J connectivity index is 1.69.